The topological polar surface area (TPSA) is 71.2 Å². The summed E-state index contributed by atoms with van der Waals surface area (Å²) in [5, 5.41) is 2.25. The normalized spacial score (nSPS) is 10.1. The van der Waals surface area contributed by atoms with Crippen LogP contribution in [-0.4, -0.2) is 17.9 Å². The van der Waals surface area contributed by atoms with Crippen LogP contribution in [0.4, 0.5) is 5.69 Å². The van der Waals surface area contributed by atoms with Crippen molar-refractivity contribution in [1.82, 2.24) is 10.4 Å². The Morgan fingerprint density at radius 1 is 1.44 bits per heavy atom. The molecule has 0 aliphatic rings. The highest BCUT2D eigenvalue weighted by Gasteiger charge is 2.10. The van der Waals surface area contributed by atoms with Crippen molar-refractivity contribution in [3.63, 3.8) is 0 Å². The molecule has 3 N–H and O–H groups in total. The number of hydrogen-bond acceptors (Lipinski definition) is 5. The van der Waals surface area contributed by atoms with E-state index in [1.165, 1.54) is 11.3 Å². The molecule has 18 heavy (non-hydrogen) atoms. The molecule has 0 fully saturated rings. The Kier molecular flexibility index (Phi) is 3.91. The fraction of sp³-hybridized carbons (Fsp3) is 0.167. The summed E-state index contributed by atoms with van der Waals surface area (Å²) in [6.07, 6.45) is 0. The number of nitrogens with one attached hydrogen (secondary N) is 1. The number of aromatic nitrogens is 1. The average Bonchev–Trinajstić information content (AvgIpc) is 2.87. The third-order valence-electron chi connectivity index (χ3n) is 2.47. The average molecular weight is 262 g/mol. The van der Waals surface area contributed by atoms with Gasteiger partial charge in [0.2, 0.25) is 0 Å². The van der Waals surface area contributed by atoms with Crippen LogP contribution in [0.5, 0.6) is 0 Å². The second-order valence-corrected chi connectivity index (χ2v) is 4.67. The Bertz CT molecular complexity index is 526. The van der Waals surface area contributed by atoms with Crippen molar-refractivity contribution in [1.29, 1.82) is 0 Å². The third kappa shape index (κ3) is 2.85. The van der Waals surface area contributed by atoms with Gasteiger partial charge in [-0.05, 0) is 12.1 Å². The molecule has 0 unspecified atom stereocenters. The molecule has 0 aliphatic heterocycles. The zero-order valence-electron chi connectivity index (χ0n) is 9.96. The molecule has 0 saturated heterocycles. The van der Waals surface area contributed by atoms with E-state index in [4.69, 9.17) is 5.84 Å². The van der Waals surface area contributed by atoms with E-state index < -0.39 is 0 Å². The molecule has 1 aromatic heterocycles. The molecule has 5 nitrogen and oxygen atoms in total. The van der Waals surface area contributed by atoms with Crippen molar-refractivity contribution >= 4 is 22.9 Å². The van der Waals surface area contributed by atoms with Crippen molar-refractivity contribution in [2.45, 2.75) is 6.54 Å². The molecule has 0 atom stereocenters. The highest BCUT2D eigenvalue weighted by molar-refractivity contribution is 7.11. The first-order valence-electron chi connectivity index (χ1n) is 5.42. The summed E-state index contributed by atoms with van der Waals surface area (Å²) in [5.74, 6) is 4.71. The van der Waals surface area contributed by atoms with E-state index in [-0.39, 0.29) is 5.91 Å². The highest BCUT2D eigenvalue weighted by atomic mass is 32.1. The fourth-order valence-corrected chi connectivity index (χ4v) is 2.27. The van der Waals surface area contributed by atoms with Gasteiger partial charge in [0.25, 0.3) is 5.91 Å². The molecular weight excluding hydrogens is 248 g/mol. The zero-order valence-corrected chi connectivity index (χ0v) is 10.8. The smallest absolute Gasteiger partial charge is 0.294 e. The number of nitrogens with two attached hydrogens (primary N) is 1. The number of nitrogens with zero attached hydrogens (tertiary/aromatic N) is 2. The Labute approximate surface area is 109 Å². The van der Waals surface area contributed by atoms with Crippen molar-refractivity contribution in [3.05, 3.63) is 46.4 Å². The van der Waals surface area contributed by atoms with E-state index in [0.717, 1.165) is 11.4 Å². The number of carbonyl (C=O) groups excluding carboxylic acids is 1. The monoisotopic (exact) mass is 262 g/mol. The van der Waals surface area contributed by atoms with E-state index in [0.29, 0.717) is 11.6 Å². The molecule has 1 heterocycles. The molecule has 1 amide bonds. The fourth-order valence-electron chi connectivity index (χ4n) is 1.56. The molecule has 2 rings (SSSR count). The SMILES string of the molecule is CN(Cc1csc(C(=O)NN)n1)c1ccccc1. The van der Waals surface area contributed by atoms with Crippen molar-refractivity contribution in [2.24, 2.45) is 5.84 Å². The van der Waals surface area contributed by atoms with E-state index in [1.807, 2.05) is 42.8 Å². The predicted molar refractivity (Wildman–Crippen MR) is 72.3 cm³/mol. The summed E-state index contributed by atoms with van der Waals surface area (Å²) in [4.78, 5) is 17.6. The van der Waals surface area contributed by atoms with Crippen LogP contribution in [0.3, 0.4) is 0 Å². The number of benzene rings is 1. The van der Waals surface area contributed by atoms with Crippen molar-refractivity contribution in [3.8, 4) is 0 Å². The lowest BCUT2D eigenvalue weighted by molar-refractivity contribution is 0.0953. The highest BCUT2D eigenvalue weighted by Crippen LogP contribution is 2.16. The number of para-hydroxylation sites is 1. The van der Waals surface area contributed by atoms with Crippen molar-refractivity contribution in [2.75, 3.05) is 11.9 Å². The van der Waals surface area contributed by atoms with Gasteiger partial charge in [-0.1, -0.05) is 18.2 Å². The number of thiazole rings is 1. The Morgan fingerprint density at radius 2 is 2.17 bits per heavy atom. The Balaban J connectivity index is 2.06. The minimum atomic E-state index is -0.353. The van der Waals surface area contributed by atoms with Gasteiger partial charge in [-0.3, -0.25) is 10.2 Å². The molecule has 0 radical (unpaired) electrons. The summed E-state index contributed by atoms with van der Waals surface area (Å²) in [5.41, 5.74) is 4.03. The first-order chi connectivity index (χ1) is 8.70. The van der Waals surface area contributed by atoms with E-state index >= 15 is 0 Å². The molecule has 0 bridgehead atoms. The van der Waals surface area contributed by atoms with Gasteiger partial charge in [0.15, 0.2) is 5.01 Å². The van der Waals surface area contributed by atoms with Crippen LogP contribution in [0.1, 0.15) is 15.5 Å². The minimum Gasteiger partial charge on any atom is -0.369 e. The van der Waals surface area contributed by atoms with Gasteiger partial charge in [-0.15, -0.1) is 11.3 Å². The maximum atomic E-state index is 11.3. The molecule has 6 heteroatoms. The number of anilines is 1. The zero-order chi connectivity index (χ0) is 13.0. The first kappa shape index (κ1) is 12.5. The molecule has 2 aromatic rings. The number of amides is 1. The molecule has 94 valence electrons. The van der Waals surface area contributed by atoms with Crippen molar-refractivity contribution < 1.29 is 4.79 Å². The molecular formula is C12H14N4OS. The van der Waals surface area contributed by atoms with Gasteiger partial charge in [0.05, 0.1) is 12.2 Å². The summed E-state index contributed by atoms with van der Waals surface area (Å²) in [6, 6.07) is 10.0. The van der Waals surface area contributed by atoms with Gasteiger partial charge in [-0.2, -0.15) is 0 Å². The standard InChI is InChI=1S/C12H14N4OS/c1-16(10-5-3-2-4-6-10)7-9-8-18-12(14-9)11(17)15-13/h2-6,8H,7,13H2,1H3,(H,15,17). The predicted octanol–water partition coefficient (Wildman–Crippen LogP) is 1.38. The van der Waals surface area contributed by atoms with Gasteiger partial charge in [0, 0.05) is 18.1 Å². The minimum absolute atomic E-state index is 0.353. The lowest BCUT2D eigenvalue weighted by Crippen LogP contribution is -2.29. The first-order valence-corrected chi connectivity index (χ1v) is 6.30. The van der Waals surface area contributed by atoms with Gasteiger partial charge < -0.3 is 4.90 Å². The van der Waals surface area contributed by atoms with Crippen LogP contribution >= 0.6 is 11.3 Å². The van der Waals surface area contributed by atoms with Gasteiger partial charge in [-0.25, -0.2) is 10.8 Å². The number of rotatable bonds is 4. The molecule has 0 spiro atoms. The van der Waals surface area contributed by atoms with E-state index in [2.05, 4.69) is 15.3 Å². The molecule has 0 saturated carbocycles. The maximum absolute atomic E-state index is 11.3. The Hall–Kier alpha value is -1.92. The van der Waals surface area contributed by atoms with Gasteiger partial charge in [0.1, 0.15) is 0 Å². The van der Waals surface area contributed by atoms with Gasteiger partial charge >= 0.3 is 0 Å². The van der Waals surface area contributed by atoms with Crippen LogP contribution < -0.4 is 16.2 Å². The summed E-state index contributed by atoms with van der Waals surface area (Å²) < 4.78 is 0. The second-order valence-electron chi connectivity index (χ2n) is 3.81. The van der Waals surface area contributed by atoms with Crippen LogP contribution in [0.25, 0.3) is 0 Å². The molecule has 1 aromatic carbocycles. The number of nitrogen functional groups attached to an aromatic ring is 1. The lowest BCUT2D eigenvalue weighted by Gasteiger charge is -2.17. The second kappa shape index (κ2) is 5.61. The van der Waals surface area contributed by atoms with E-state index in [1.54, 1.807) is 0 Å². The Morgan fingerprint density at radius 3 is 2.83 bits per heavy atom. The van der Waals surface area contributed by atoms with Crippen LogP contribution in [0.2, 0.25) is 0 Å². The third-order valence-corrected chi connectivity index (χ3v) is 3.36. The number of hydrogen-bond donors (Lipinski definition) is 2. The van der Waals surface area contributed by atoms with Crippen LogP contribution in [-0.2, 0) is 6.54 Å². The van der Waals surface area contributed by atoms with Crippen LogP contribution in [0, 0.1) is 0 Å². The number of hydrazine groups is 1. The summed E-state index contributed by atoms with van der Waals surface area (Å²) in [6.45, 7) is 0.651. The van der Waals surface area contributed by atoms with Crippen LogP contribution in [0.15, 0.2) is 35.7 Å². The summed E-state index contributed by atoms with van der Waals surface area (Å²) in [7, 11) is 1.98. The maximum Gasteiger partial charge on any atom is 0.294 e. The summed E-state index contributed by atoms with van der Waals surface area (Å²) >= 11 is 1.29. The quantitative estimate of drug-likeness (QED) is 0.496. The largest absolute Gasteiger partial charge is 0.369 e. The number of carbonyl (C=O) groups is 1. The lowest BCUT2D eigenvalue weighted by atomic mass is 10.3. The molecule has 0 aliphatic carbocycles. The van der Waals surface area contributed by atoms with E-state index in [9.17, 15) is 4.79 Å².